The molecule has 12 nitrogen and oxygen atoms in total. The maximum absolute atomic E-state index is 13.7. The number of nitrogens with one attached hydrogen (secondary N) is 3. The zero-order valence-corrected chi connectivity index (χ0v) is 30.3. The van der Waals surface area contributed by atoms with Crippen LogP contribution in [0.15, 0.2) is 66.9 Å². The van der Waals surface area contributed by atoms with Crippen molar-refractivity contribution in [2.75, 3.05) is 31.6 Å². The molecule has 12 heteroatoms. The summed E-state index contributed by atoms with van der Waals surface area (Å²) in [5, 5.41) is 18.4. The number of carboxylic acid groups (broad SMARTS) is 1. The highest BCUT2D eigenvalue weighted by Gasteiger charge is 2.37. The van der Waals surface area contributed by atoms with Crippen LogP contribution in [-0.4, -0.2) is 83.3 Å². The second-order valence-electron chi connectivity index (χ2n) is 13.8. The average molecular weight is 702 g/mol. The number of carbonyl (C=O) groups is 4. The van der Waals surface area contributed by atoms with Gasteiger partial charge in [0.1, 0.15) is 25.1 Å². The number of benzene rings is 2. The summed E-state index contributed by atoms with van der Waals surface area (Å²) in [6.45, 7) is 12.2. The number of ether oxygens (including phenoxy) is 2. The SMILES string of the molecule is CC(C)c1cc(C(C)C)c(C(=O)N[C@@H](CNC(=O)CO[C@@H]2C[C@@H](CNc3ccccn3)N(C(=O)OCc3ccccc3)C2)C(=O)O)c(C(C)C)c1. The van der Waals surface area contributed by atoms with Gasteiger partial charge in [0.2, 0.25) is 5.91 Å². The predicted octanol–water partition coefficient (Wildman–Crippen LogP) is 5.66. The van der Waals surface area contributed by atoms with Gasteiger partial charge in [-0.1, -0.05) is 90.1 Å². The summed E-state index contributed by atoms with van der Waals surface area (Å²) in [5.74, 6) is -1.33. The minimum absolute atomic E-state index is 0.0321. The fourth-order valence-electron chi connectivity index (χ4n) is 6.01. The van der Waals surface area contributed by atoms with E-state index in [9.17, 15) is 24.3 Å². The minimum Gasteiger partial charge on any atom is -0.480 e. The monoisotopic (exact) mass is 701 g/mol. The molecule has 3 aromatic rings. The number of rotatable bonds is 16. The summed E-state index contributed by atoms with van der Waals surface area (Å²) in [4.78, 5) is 57.8. The molecule has 0 aliphatic carbocycles. The Balaban J connectivity index is 1.36. The lowest BCUT2D eigenvalue weighted by molar-refractivity contribution is -0.139. The molecule has 1 aliphatic rings. The number of carboxylic acids is 1. The van der Waals surface area contributed by atoms with Gasteiger partial charge in [-0.15, -0.1) is 0 Å². The van der Waals surface area contributed by atoms with E-state index in [-0.39, 0.29) is 50.1 Å². The van der Waals surface area contributed by atoms with E-state index < -0.39 is 36.0 Å². The highest BCUT2D eigenvalue weighted by molar-refractivity contribution is 6.00. The fourth-order valence-corrected chi connectivity index (χ4v) is 6.01. The predicted molar refractivity (Wildman–Crippen MR) is 195 cm³/mol. The lowest BCUT2D eigenvalue weighted by Crippen LogP contribution is -2.49. The average Bonchev–Trinajstić information content (AvgIpc) is 3.53. The first kappa shape index (κ1) is 38.8. The molecule has 1 fully saturated rings. The molecule has 0 saturated carbocycles. The second kappa shape index (κ2) is 18.3. The van der Waals surface area contributed by atoms with Crippen LogP contribution in [0.5, 0.6) is 0 Å². The Morgan fingerprint density at radius 2 is 1.59 bits per heavy atom. The molecule has 0 unspecified atom stereocenters. The molecule has 0 bridgehead atoms. The Kier molecular flexibility index (Phi) is 13.9. The zero-order valence-electron chi connectivity index (χ0n) is 30.3. The number of anilines is 1. The topological polar surface area (TPSA) is 159 Å². The summed E-state index contributed by atoms with van der Waals surface area (Å²) >= 11 is 0. The lowest BCUT2D eigenvalue weighted by Gasteiger charge is -2.24. The van der Waals surface area contributed by atoms with E-state index in [4.69, 9.17) is 9.47 Å². The van der Waals surface area contributed by atoms with Gasteiger partial charge in [0, 0.05) is 24.8 Å². The quantitative estimate of drug-likeness (QED) is 0.148. The molecule has 0 spiro atoms. The van der Waals surface area contributed by atoms with E-state index in [2.05, 4.69) is 34.8 Å². The van der Waals surface area contributed by atoms with Crippen LogP contribution in [0, 0.1) is 0 Å². The van der Waals surface area contributed by atoms with Crippen LogP contribution >= 0.6 is 0 Å². The van der Waals surface area contributed by atoms with E-state index in [0.717, 1.165) is 22.3 Å². The number of likely N-dealkylation sites (tertiary alicyclic amines) is 1. The van der Waals surface area contributed by atoms with E-state index in [0.29, 0.717) is 24.3 Å². The molecule has 274 valence electrons. The molecule has 1 aromatic heterocycles. The highest BCUT2D eigenvalue weighted by Crippen LogP contribution is 2.32. The number of hydrogen-bond acceptors (Lipinski definition) is 8. The van der Waals surface area contributed by atoms with Crippen molar-refractivity contribution in [1.29, 1.82) is 0 Å². The largest absolute Gasteiger partial charge is 0.480 e. The van der Waals surface area contributed by atoms with Gasteiger partial charge in [-0.05, 0) is 58.6 Å². The first-order valence-corrected chi connectivity index (χ1v) is 17.6. The van der Waals surface area contributed by atoms with Crippen LogP contribution < -0.4 is 16.0 Å². The molecule has 3 atom stereocenters. The summed E-state index contributed by atoms with van der Waals surface area (Å²) in [7, 11) is 0. The van der Waals surface area contributed by atoms with Gasteiger partial charge in [0.25, 0.3) is 5.91 Å². The molecule has 3 amide bonds. The van der Waals surface area contributed by atoms with Crippen LogP contribution in [0.4, 0.5) is 10.6 Å². The Hall–Kier alpha value is -4.97. The summed E-state index contributed by atoms with van der Waals surface area (Å²) in [5.41, 5.74) is 4.16. The van der Waals surface area contributed by atoms with Gasteiger partial charge in [-0.3, -0.25) is 9.59 Å². The van der Waals surface area contributed by atoms with Gasteiger partial charge in [-0.2, -0.15) is 0 Å². The number of nitrogens with zero attached hydrogens (tertiary/aromatic N) is 2. The molecule has 2 aromatic carbocycles. The van der Waals surface area contributed by atoms with Gasteiger partial charge in [0.05, 0.1) is 18.7 Å². The highest BCUT2D eigenvalue weighted by atomic mass is 16.6. The molecule has 1 aliphatic heterocycles. The van der Waals surface area contributed by atoms with E-state index >= 15 is 0 Å². The number of pyridine rings is 1. The lowest BCUT2D eigenvalue weighted by atomic mass is 9.84. The smallest absolute Gasteiger partial charge is 0.410 e. The first-order valence-electron chi connectivity index (χ1n) is 17.6. The summed E-state index contributed by atoms with van der Waals surface area (Å²) in [6, 6.07) is 17.3. The van der Waals surface area contributed by atoms with Crippen molar-refractivity contribution in [3.05, 3.63) is 94.7 Å². The number of carbonyl (C=O) groups excluding carboxylic acids is 3. The Bertz CT molecular complexity index is 1600. The minimum atomic E-state index is -1.37. The van der Waals surface area contributed by atoms with Crippen LogP contribution in [-0.2, 0) is 25.7 Å². The van der Waals surface area contributed by atoms with E-state index in [1.807, 2.05) is 88.4 Å². The Morgan fingerprint density at radius 3 is 2.18 bits per heavy atom. The number of aliphatic carboxylic acids is 1. The molecular weight excluding hydrogens is 650 g/mol. The van der Waals surface area contributed by atoms with Crippen molar-refractivity contribution in [2.45, 2.75) is 90.5 Å². The fraction of sp³-hybridized carbons (Fsp3) is 0.462. The Morgan fingerprint density at radius 1 is 0.922 bits per heavy atom. The third-order valence-electron chi connectivity index (χ3n) is 8.92. The molecule has 4 N–H and O–H groups in total. The molecule has 4 rings (SSSR count). The van der Waals surface area contributed by atoms with E-state index in [1.54, 1.807) is 11.1 Å². The normalized spacial score (nSPS) is 16.3. The van der Waals surface area contributed by atoms with Crippen molar-refractivity contribution in [3.8, 4) is 0 Å². The first-order chi connectivity index (χ1) is 24.3. The number of aromatic nitrogens is 1. The molecular formula is C39H51N5O7. The third kappa shape index (κ3) is 11.0. The van der Waals surface area contributed by atoms with Gasteiger partial charge in [0.15, 0.2) is 0 Å². The van der Waals surface area contributed by atoms with Gasteiger partial charge < -0.3 is 35.4 Å². The van der Waals surface area contributed by atoms with Crippen LogP contribution in [0.25, 0.3) is 0 Å². The van der Waals surface area contributed by atoms with Crippen molar-refractivity contribution in [2.24, 2.45) is 0 Å². The van der Waals surface area contributed by atoms with E-state index in [1.165, 1.54) is 0 Å². The maximum Gasteiger partial charge on any atom is 0.410 e. The molecule has 0 radical (unpaired) electrons. The van der Waals surface area contributed by atoms with Crippen LogP contribution in [0.2, 0.25) is 0 Å². The number of hydrogen-bond donors (Lipinski definition) is 4. The van der Waals surface area contributed by atoms with Crippen molar-refractivity contribution >= 4 is 29.7 Å². The molecule has 51 heavy (non-hydrogen) atoms. The summed E-state index contributed by atoms with van der Waals surface area (Å²) < 4.78 is 11.5. The van der Waals surface area contributed by atoms with Crippen LogP contribution in [0.1, 0.15) is 98.3 Å². The third-order valence-corrected chi connectivity index (χ3v) is 8.92. The second-order valence-corrected chi connectivity index (χ2v) is 13.8. The van der Waals surface area contributed by atoms with Crippen molar-refractivity contribution < 1.29 is 33.8 Å². The number of amides is 3. The Labute approximate surface area is 300 Å². The molecule has 2 heterocycles. The van der Waals surface area contributed by atoms with Gasteiger partial charge in [-0.25, -0.2) is 14.6 Å². The van der Waals surface area contributed by atoms with Crippen molar-refractivity contribution in [1.82, 2.24) is 20.5 Å². The van der Waals surface area contributed by atoms with Crippen LogP contribution in [0.3, 0.4) is 0 Å². The van der Waals surface area contributed by atoms with Crippen molar-refractivity contribution in [3.63, 3.8) is 0 Å². The summed E-state index contributed by atoms with van der Waals surface area (Å²) in [6.07, 6.45) is 1.14. The van der Waals surface area contributed by atoms with Gasteiger partial charge >= 0.3 is 12.1 Å². The molecule has 1 saturated heterocycles. The maximum atomic E-state index is 13.7. The zero-order chi connectivity index (χ0) is 37.1. The standard InChI is InChI=1S/C39H51N5O7/c1-24(2)28-16-31(25(3)4)36(32(17-28)26(5)6)37(46)43-33(38(47)48)20-42-35(45)23-50-30-18-29(19-41-34-14-10-11-15-40-34)44(21-30)39(49)51-22-27-12-8-7-9-13-27/h7-17,24-26,29-30,33H,18-23H2,1-6H3,(H,40,41)(H,42,45)(H,43,46)(H,47,48)/t29-,30+,33-/m0/s1.